The number of rotatable bonds is 5. The molecule has 0 radical (unpaired) electrons. The standard InChI is InChI=1S/C14H17FN4O/c1-4-16-14-17-8-11(15)13(19-14)18-10-5-6-12(20-3)9(2)7-10/h5-8H,4H2,1-3H3,(H2,16,17,18,19). The van der Waals surface area contributed by atoms with Gasteiger partial charge in [-0.05, 0) is 37.6 Å². The van der Waals surface area contributed by atoms with Gasteiger partial charge in [-0.3, -0.25) is 0 Å². The van der Waals surface area contributed by atoms with Crippen molar-refractivity contribution in [3.63, 3.8) is 0 Å². The molecule has 106 valence electrons. The van der Waals surface area contributed by atoms with E-state index in [1.54, 1.807) is 13.2 Å². The van der Waals surface area contributed by atoms with Gasteiger partial charge in [-0.1, -0.05) is 0 Å². The molecule has 0 bridgehead atoms. The molecule has 0 saturated heterocycles. The molecule has 5 nitrogen and oxygen atoms in total. The number of hydrogen-bond donors (Lipinski definition) is 2. The zero-order valence-corrected chi connectivity index (χ0v) is 11.7. The summed E-state index contributed by atoms with van der Waals surface area (Å²) >= 11 is 0. The van der Waals surface area contributed by atoms with Crippen molar-refractivity contribution in [2.45, 2.75) is 13.8 Å². The van der Waals surface area contributed by atoms with Crippen molar-refractivity contribution in [2.75, 3.05) is 24.3 Å². The molecule has 0 aliphatic rings. The molecule has 1 aromatic carbocycles. The first kappa shape index (κ1) is 14.0. The molecule has 0 unspecified atom stereocenters. The molecule has 1 heterocycles. The molecular formula is C14H17FN4O. The molecule has 0 aliphatic heterocycles. The van der Waals surface area contributed by atoms with E-state index >= 15 is 0 Å². The normalized spacial score (nSPS) is 10.2. The zero-order valence-electron chi connectivity index (χ0n) is 11.7. The number of aromatic nitrogens is 2. The Hall–Kier alpha value is -2.37. The highest BCUT2D eigenvalue weighted by atomic mass is 19.1. The van der Waals surface area contributed by atoms with E-state index in [4.69, 9.17) is 4.74 Å². The molecule has 2 rings (SSSR count). The van der Waals surface area contributed by atoms with Crippen LogP contribution in [0.3, 0.4) is 0 Å². The predicted molar refractivity (Wildman–Crippen MR) is 77.2 cm³/mol. The van der Waals surface area contributed by atoms with E-state index in [-0.39, 0.29) is 5.82 Å². The lowest BCUT2D eigenvalue weighted by Gasteiger charge is -2.11. The summed E-state index contributed by atoms with van der Waals surface area (Å²) in [7, 11) is 1.61. The van der Waals surface area contributed by atoms with Crippen molar-refractivity contribution in [1.29, 1.82) is 0 Å². The van der Waals surface area contributed by atoms with Crippen LogP contribution in [0.1, 0.15) is 12.5 Å². The van der Waals surface area contributed by atoms with Gasteiger partial charge >= 0.3 is 0 Å². The third kappa shape index (κ3) is 3.14. The largest absolute Gasteiger partial charge is 0.496 e. The average Bonchev–Trinajstić information content (AvgIpc) is 2.43. The first-order valence-corrected chi connectivity index (χ1v) is 6.32. The van der Waals surface area contributed by atoms with E-state index in [2.05, 4.69) is 20.6 Å². The Labute approximate surface area is 117 Å². The topological polar surface area (TPSA) is 59.1 Å². The first-order chi connectivity index (χ1) is 9.63. The summed E-state index contributed by atoms with van der Waals surface area (Å²) in [6, 6.07) is 5.50. The summed E-state index contributed by atoms with van der Waals surface area (Å²) in [5.41, 5.74) is 1.70. The van der Waals surface area contributed by atoms with Crippen molar-refractivity contribution in [1.82, 2.24) is 9.97 Å². The van der Waals surface area contributed by atoms with Gasteiger partial charge in [0, 0.05) is 12.2 Å². The Morgan fingerprint density at radius 3 is 2.80 bits per heavy atom. The summed E-state index contributed by atoms with van der Waals surface area (Å²) in [5, 5.41) is 5.88. The maximum Gasteiger partial charge on any atom is 0.224 e. The quantitative estimate of drug-likeness (QED) is 0.878. The number of methoxy groups -OCH3 is 1. The van der Waals surface area contributed by atoms with Gasteiger partial charge in [0.2, 0.25) is 5.95 Å². The summed E-state index contributed by atoms with van der Waals surface area (Å²) in [5.74, 6) is 0.814. The summed E-state index contributed by atoms with van der Waals surface area (Å²) < 4.78 is 18.9. The van der Waals surface area contributed by atoms with Gasteiger partial charge in [-0.25, -0.2) is 9.37 Å². The zero-order chi connectivity index (χ0) is 14.5. The fourth-order valence-electron chi connectivity index (χ4n) is 1.79. The highest BCUT2D eigenvalue weighted by Crippen LogP contribution is 2.24. The fraction of sp³-hybridized carbons (Fsp3) is 0.286. The molecular weight excluding hydrogens is 259 g/mol. The summed E-state index contributed by atoms with van der Waals surface area (Å²) in [6.07, 6.45) is 1.14. The van der Waals surface area contributed by atoms with Gasteiger partial charge in [-0.15, -0.1) is 0 Å². The Morgan fingerprint density at radius 1 is 1.35 bits per heavy atom. The lowest BCUT2D eigenvalue weighted by Crippen LogP contribution is -2.06. The molecule has 2 N–H and O–H groups in total. The molecule has 0 amide bonds. The second-order valence-corrected chi connectivity index (χ2v) is 4.23. The highest BCUT2D eigenvalue weighted by molar-refractivity contribution is 5.60. The second-order valence-electron chi connectivity index (χ2n) is 4.23. The van der Waals surface area contributed by atoms with Crippen LogP contribution in [0.4, 0.5) is 21.8 Å². The Morgan fingerprint density at radius 2 is 2.15 bits per heavy atom. The van der Waals surface area contributed by atoms with Crippen LogP contribution in [0, 0.1) is 12.7 Å². The molecule has 2 aromatic rings. The van der Waals surface area contributed by atoms with Crippen molar-refractivity contribution in [3.05, 3.63) is 35.8 Å². The van der Waals surface area contributed by atoms with E-state index < -0.39 is 5.82 Å². The predicted octanol–water partition coefficient (Wildman–Crippen LogP) is 3.11. The lowest BCUT2D eigenvalue weighted by molar-refractivity contribution is 0.412. The van der Waals surface area contributed by atoms with Gasteiger partial charge in [0.15, 0.2) is 11.6 Å². The van der Waals surface area contributed by atoms with E-state index in [9.17, 15) is 4.39 Å². The smallest absolute Gasteiger partial charge is 0.224 e. The molecule has 0 spiro atoms. The molecule has 20 heavy (non-hydrogen) atoms. The van der Waals surface area contributed by atoms with Crippen LogP contribution < -0.4 is 15.4 Å². The highest BCUT2D eigenvalue weighted by Gasteiger charge is 2.08. The molecule has 0 saturated carbocycles. The van der Waals surface area contributed by atoms with Crippen LogP contribution in [0.2, 0.25) is 0 Å². The number of anilines is 3. The van der Waals surface area contributed by atoms with Crippen LogP contribution in [0.15, 0.2) is 24.4 Å². The SMILES string of the molecule is CCNc1ncc(F)c(Nc2ccc(OC)c(C)c2)n1. The van der Waals surface area contributed by atoms with Crippen LogP contribution in [-0.4, -0.2) is 23.6 Å². The summed E-state index contributed by atoms with van der Waals surface area (Å²) in [6.45, 7) is 4.52. The van der Waals surface area contributed by atoms with E-state index in [0.29, 0.717) is 12.5 Å². The van der Waals surface area contributed by atoms with E-state index in [1.807, 2.05) is 26.0 Å². The number of hydrogen-bond acceptors (Lipinski definition) is 5. The van der Waals surface area contributed by atoms with Gasteiger partial charge in [0.25, 0.3) is 0 Å². The monoisotopic (exact) mass is 276 g/mol. The number of halogens is 1. The van der Waals surface area contributed by atoms with E-state index in [0.717, 1.165) is 23.2 Å². The minimum atomic E-state index is -0.500. The Bertz CT molecular complexity index is 604. The van der Waals surface area contributed by atoms with Gasteiger partial charge in [0.05, 0.1) is 13.3 Å². The second kappa shape index (κ2) is 6.18. The number of nitrogens with zero attached hydrogens (tertiary/aromatic N) is 2. The molecule has 0 fully saturated rings. The maximum atomic E-state index is 13.7. The number of benzene rings is 1. The van der Waals surface area contributed by atoms with Crippen LogP contribution in [-0.2, 0) is 0 Å². The minimum absolute atomic E-state index is 0.139. The van der Waals surface area contributed by atoms with Crippen molar-refractivity contribution in [2.24, 2.45) is 0 Å². The third-order valence-corrected chi connectivity index (χ3v) is 2.74. The third-order valence-electron chi connectivity index (χ3n) is 2.74. The van der Waals surface area contributed by atoms with Gasteiger partial charge in [-0.2, -0.15) is 4.98 Å². The maximum absolute atomic E-state index is 13.7. The Balaban J connectivity index is 2.24. The van der Waals surface area contributed by atoms with Gasteiger partial charge in [0.1, 0.15) is 5.75 Å². The number of ether oxygens (including phenoxy) is 1. The van der Waals surface area contributed by atoms with E-state index in [1.165, 1.54) is 0 Å². The molecule has 0 aliphatic carbocycles. The minimum Gasteiger partial charge on any atom is -0.496 e. The fourth-order valence-corrected chi connectivity index (χ4v) is 1.79. The van der Waals surface area contributed by atoms with Crippen molar-refractivity contribution in [3.8, 4) is 5.75 Å². The Kier molecular flexibility index (Phi) is 4.34. The van der Waals surface area contributed by atoms with Crippen molar-refractivity contribution >= 4 is 17.5 Å². The van der Waals surface area contributed by atoms with Crippen LogP contribution in [0.5, 0.6) is 5.75 Å². The van der Waals surface area contributed by atoms with Crippen molar-refractivity contribution < 1.29 is 9.13 Å². The molecule has 6 heteroatoms. The van der Waals surface area contributed by atoms with Crippen LogP contribution in [0.25, 0.3) is 0 Å². The molecule has 0 atom stereocenters. The molecule has 1 aromatic heterocycles. The van der Waals surface area contributed by atoms with Gasteiger partial charge < -0.3 is 15.4 Å². The van der Waals surface area contributed by atoms with Crippen LogP contribution >= 0.6 is 0 Å². The average molecular weight is 276 g/mol. The first-order valence-electron chi connectivity index (χ1n) is 6.32. The number of aryl methyl sites for hydroxylation is 1. The number of nitrogens with one attached hydrogen (secondary N) is 2. The lowest BCUT2D eigenvalue weighted by atomic mass is 10.2. The summed E-state index contributed by atoms with van der Waals surface area (Å²) in [4.78, 5) is 7.95.